The summed E-state index contributed by atoms with van der Waals surface area (Å²) < 4.78 is 25.1. The molecule has 0 saturated heterocycles. The molecule has 0 aliphatic heterocycles. The molecule has 0 bridgehead atoms. The number of rotatable bonds is 3. The summed E-state index contributed by atoms with van der Waals surface area (Å²) in [6, 6.07) is 18.0. The van der Waals surface area contributed by atoms with Crippen molar-refractivity contribution in [1.82, 2.24) is 0 Å². The second-order valence-corrected chi connectivity index (χ2v) is 9.32. The maximum Gasteiger partial charge on any atom is 0.229 e. The van der Waals surface area contributed by atoms with Crippen LogP contribution in [-0.2, 0) is 22.9 Å². The number of aryl methyl sites for hydroxylation is 2. The van der Waals surface area contributed by atoms with Crippen molar-refractivity contribution >= 4 is 38.7 Å². The van der Waals surface area contributed by atoms with Crippen LogP contribution in [0.25, 0.3) is 11.6 Å². The van der Waals surface area contributed by atoms with Gasteiger partial charge in [-0.1, -0.05) is 36.4 Å². The van der Waals surface area contributed by atoms with E-state index in [1.807, 2.05) is 18.2 Å². The van der Waals surface area contributed by atoms with Crippen LogP contribution in [0.1, 0.15) is 27.1 Å². The van der Waals surface area contributed by atoms with Crippen molar-refractivity contribution in [2.75, 3.05) is 11.0 Å². The van der Waals surface area contributed by atoms with Gasteiger partial charge in [0, 0.05) is 21.7 Å². The monoisotopic (exact) mass is 393 g/mol. The van der Waals surface area contributed by atoms with Gasteiger partial charge in [0.1, 0.15) is 0 Å². The SMILES string of the molecule is CS(=O)(=O)Nc1ccc(C=C=C2c3ccccc3CCc3sccc32)cc1. The van der Waals surface area contributed by atoms with E-state index in [0.717, 1.165) is 30.2 Å². The molecule has 2 aromatic carbocycles. The topological polar surface area (TPSA) is 46.2 Å². The molecule has 1 heterocycles. The highest BCUT2D eigenvalue weighted by molar-refractivity contribution is 7.92. The normalized spacial score (nSPS) is 13.1. The number of sulfonamides is 1. The largest absolute Gasteiger partial charge is 0.284 e. The molecule has 1 aromatic heterocycles. The summed E-state index contributed by atoms with van der Waals surface area (Å²) in [5.74, 6) is 0. The van der Waals surface area contributed by atoms with Crippen LogP contribution in [0.2, 0.25) is 0 Å². The quantitative estimate of drug-likeness (QED) is 0.639. The van der Waals surface area contributed by atoms with Crippen LogP contribution in [0, 0.1) is 0 Å². The zero-order valence-corrected chi connectivity index (χ0v) is 16.5. The Hall–Kier alpha value is -2.59. The summed E-state index contributed by atoms with van der Waals surface area (Å²) in [6.45, 7) is 0. The molecule has 0 atom stereocenters. The third-order valence-corrected chi connectivity index (χ3v) is 6.11. The molecule has 0 saturated carbocycles. The molecule has 1 aliphatic carbocycles. The van der Waals surface area contributed by atoms with Crippen LogP contribution in [0.3, 0.4) is 0 Å². The van der Waals surface area contributed by atoms with E-state index in [1.165, 1.54) is 21.6 Å². The highest BCUT2D eigenvalue weighted by atomic mass is 32.2. The Bertz CT molecular complexity index is 1150. The summed E-state index contributed by atoms with van der Waals surface area (Å²) in [5, 5.41) is 2.14. The first-order chi connectivity index (χ1) is 13.0. The first-order valence-electron chi connectivity index (χ1n) is 8.69. The van der Waals surface area contributed by atoms with Gasteiger partial charge in [-0.25, -0.2) is 8.42 Å². The molecule has 0 radical (unpaired) electrons. The Morgan fingerprint density at radius 3 is 2.56 bits per heavy atom. The molecule has 5 heteroatoms. The van der Waals surface area contributed by atoms with Gasteiger partial charge in [-0.2, -0.15) is 0 Å². The summed E-state index contributed by atoms with van der Waals surface area (Å²) in [5.41, 5.74) is 10.0. The number of fused-ring (bicyclic) bond motifs is 2. The average Bonchev–Trinajstić information content (AvgIpc) is 3.04. The molecule has 27 heavy (non-hydrogen) atoms. The van der Waals surface area contributed by atoms with Crippen molar-refractivity contribution in [3.8, 4) is 0 Å². The van der Waals surface area contributed by atoms with Gasteiger partial charge in [0.15, 0.2) is 0 Å². The maximum absolute atomic E-state index is 11.3. The fourth-order valence-corrected chi connectivity index (χ4v) is 4.75. The average molecular weight is 394 g/mol. The van der Waals surface area contributed by atoms with Gasteiger partial charge in [-0.05, 0) is 59.2 Å². The van der Waals surface area contributed by atoms with Gasteiger partial charge < -0.3 is 0 Å². The number of thiophene rings is 1. The molecule has 4 rings (SSSR count). The third-order valence-electron chi connectivity index (χ3n) is 4.52. The zero-order chi connectivity index (χ0) is 18.9. The van der Waals surface area contributed by atoms with Gasteiger partial charge in [-0.3, -0.25) is 4.72 Å². The number of anilines is 1. The second-order valence-electron chi connectivity index (χ2n) is 6.57. The minimum atomic E-state index is -3.26. The molecule has 0 fully saturated rings. The molecule has 1 N–H and O–H groups in total. The van der Waals surface area contributed by atoms with Crippen LogP contribution in [0.15, 0.2) is 65.7 Å². The van der Waals surface area contributed by atoms with E-state index < -0.39 is 10.0 Å². The lowest BCUT2D eigenvalue weighted by atomic mass is 9.96. The summed E-state index contributed by atoms with van der Waals surface area (Å²) >= 11 is 1.80. The molecule has 0 spiro atoms. The molecule has 3 aromatic rings. The summed E-state index contributed by atoms with van der Waals surface area (Å²) in [6.07, 6.45) is 5.21. The van der Waals surface area contributed by atoms with Gasteiger partial charge in [0.2, 0.25) is 10.0 Å². The van der Waals surface area contributed by atoms with Gasteiger partial charge in [-0.15, -0.1) is 17.1 Å². The van der Waals surface area contributed by atoms with Crippen LogP contribution in [-0.4, -0.2) is 14.7 Å². The fourth-order valence-electron chi connectivity index (χ4n) is 3.30. The van der Waals surface area contributed by atoms with Crippen LogP contribution < -0.4 is 4.72 Å². The molecule has 136 valence electrons. The van der Waals surface area contributed by atoms with Crippen molar-refractivity contribution in [3.05, 3.63) is 92.8 Å². The fraction of sp³-hybridized carbons (Fsp3) is 0.136. The predicted molar refractivity (Wildman–Crippen MR) is 114 cm³/mol. The van der Waals surface area contributed by atoms with E-state index in [9.17, 15) is 8.42 Å². The highest BCUT2D eigenvalue weighted by Crippen LogP contribution is 2.35. The van der Waals surface area contributed by atoms with E-state index in [4.69, 9.17) is 0 Å². The van der Waals surface area contributed by atoms with E-state index in [-0.39, 0.29) is 0 Å². The zero-order valence-electron chi connectivity index (χ0n) is 14.9. The van der Waals surface area contributed by atoms with Gasteiger partial charge in [0.05, 0.1) is 6.26 Å². The Morgan fingerprint density at radius 1 is 1.00 bits per heavy atom. The first kappa shape index (κ1) is 17.8. The molecule has 3 nitrogen and oxygen atoms in total. The minimum absolute atomic E-state index is 0.558. The number of nitrogens with one attached hydrogen (secondary N) is 1. The predicted octanol–water partition coefficient (Wildman–Crippen LogP) is 4.96. The lowest BCUT2D eigenvalue weighted by Gasteiger charge is -2.07. The molecular formula is C22H19NO2S2. The molecular weight excluding hydrogens is 374 g/mol. The Balaban J connectivity index is 1.76. The standard InChI is InChI=1S/C22H19NO2S2/c1-27(24,25)23-18-10-6-16(7-11-18)8-12-20-19-5-3-2-4-17(19)9-13-22-21(20)14-15-26-22/h2-8,10-11,14-15,23H,9,13H2,1H3. The van der Waals surface area contributed by atoms with Crippen molar-refractivity contribution in [2.24, 2.45) is 0 Å². The molecule has 0 unspecified atom stereocenters. The Morgan fingerprint density at radius 2 is 1.78 bits per heavy atom. The van der Waals surface area contributed by atoms with Crippen molar-refractivity contribution in [1.29, 1.82) is 0 Å². The third kappa shape index (κ3) is 4.06. The lowest BCUT2D eigenvalue weighted by molar-refractivity contribution is 0.607. The Labute approximate surface area is 163 Å². The van der Waals surface area contributed by atoms with E-state index in [0.29, 0.717) is 5.69 Å². The highest BCUT2D eigenvalue weighted by Gasteiger charge is 2.18. The Kier molecular flexibility index (Phi) is 4.75. The van der Waals surface area contributed by atoms with Crippen molar-refractivity contribution in [3.63, 3.8) is 0 Å². The van der Waals surface area contributed by atoms with Crippen molar-refractivity contribution < 1.29 is 8.42 Å². The van der Waals surface area contributed by atoms with Crippen molar-refractivity contribution in [2.45, 2.75) is 12.8 Å². The smallest absolute Gasteiger partial charge is 0.229 e. The van der Waals surface area contributed by atoms with E-state index in [2.05, 4.69) is 46.2 Å². The number of hydrogen-bond acceptors (Lipinski definition) is 3. The number of benzene rings is 2. The number of hydrogen-bond donors (Lipinski definition) is 1. The second kappa shape index (κ2) is 7.20. The summed E-state index contributed by atoms with van der Waals surface area (Å²) in [7, 11) is -3.26. The van der Waals surface area contributed by atoms with Gasteiger partial charge in [0.25, 0.3) is 0 Å². The van der Waals surface area contributed by atoms with Gasteiger partial charge >= 0.3 is 0 Å². The minimum Gasteiger partial charge on any atom is -0.284 e. The lowest BCUT2D eigenvalue weighted by Crippen LogP contribution is -2.09. The van der Waals surface area contributed by atoms with E-state index in [1.54, 1.807) is 23.5 Å². The first-order valence-corrected chi connectivity index (χ1v) is 11.5. The molecule has 1 aliphatic rings. The van der Waals surface area contributed by atoms with Crippen LogP contribution in [0.5, 0.6) is 0 Å². The van der Waals surface area contributed by atoms with Crippen LogP contribution in [0.4, 0.5) is 5.69 Å². The van der Waals surface area contributed by atoms with E-state index >= 15 is 0 Å². The maximum atomic E-state index is 11.3. The van der Waals surface area contributed by atoms with Crippen LogP contribution >= 0.6 is 11.3 Å². The summed E-state index contributed by atoms with van der Waals surface area (Å²) in [4.78, 5) is 1.40. The molecule has 0 amide bonds.